The summed E-state index contributed by atoms with van der Waals surface area (Å²) < 4.78 is 5.61. The van der Waals surface area contributed by atoms with Crippen LogP contribution in [0.4, 0.5) is 16.2 Å². The number of benzene rings is 4. The highest BCUT2D eigenvalue weighted by Gasteiger charge is 2.36. The standard InChI is InChI=1S/C35H34ClN3O5/c1-35(2,3)44-34(43)38-20-24-13-7-10-16-31(24)39(21-26(38)22-40)33(42)29-18-17-25(19-30(29)36)37-32(41)28-15-9-8-14-27(28)23-11-5-4-6-12-23/h4-19,26,40H,20-22H2,1-3H3,(H,37,41)/t26-/m0/s1. The monoisotopic (exact) mass is 611 g/mol. The predicted octanol–water partition coefficient (Wildman–Crippen LogP) is 7.02. The molecule has 3 amide bonds. The molecule has 0 aromatic heterocycles. The Morgan fingerprint density at radius 3 is 2.30 bits per heavy atom. The molecule has 1 heterocycles. The number of nitrogens with zero attached hydrogens (tertiary/aromatic N) is 2. The molecule has 1 aliphatic heterocycles. The first-order valence-corrected chi connectivity index (χ1v) is 14.7. The molecule has 2 N–H and O–H groups in total. The van der Waals surface area contributed by atoms with Gasteiger partial charge in [-0.2, -0.15) is 0 Å². The van der Waals surface area contributed by atoms with Gasteiger partial charge in [-0.3, -0.25) is 14.5 Å². The van der Waals surface area contributed by atoms with Crippen LogP contribution >= 0.6 is 11.6 Å². The molecular weight excluding hydrogens is 578 g/mol. The number of halogens is 1. The van der Waals surface area contributed by atoms with Crippen molar-refractivity contribution in [1.82, 2.24) is 4.90 Å². The normalized spacial score (nSPS) is 14.8. The van der Waals surface area contributed by atoms with E-state index in [0.717, 1.165) is 16.7 Å². The van der Waals surface area contributed by atoms with Crippen molar-refractivity contribution in [2.45, 2.75) is 39.0 Å². The highest BCUT2D eigenvalue weighted by Crippen LogP contribution is 2.32. The fourth-order valence-electron chi connectivity index (χ4n) is 5.17. The summed E-state index contributed by atoms with van der Waals surface area (Å²) in [5, 5.41) is 13.3. The number of nitrogens with one attached hydrogen (secondary N) is 1. The molecule has 0 aliphatic carbocycles. The SMILES string of the molecule is CC(C)(C)OC(=O)N1Cc2ccccc2N(C(=O)c2ccc(NC(=O)c3ccccc3-c3ccccc3)cc2Cl)C[C@H]1CO. The minimum atomic E-state index is -0.729. The van der Waals surface area contributed by atoms with E-state index in [1.54, 1.807) is 51.1 Å². The molecule has 0 saturated carbocycles. The van der Waals surface area contributed by atoms with Crippen molar-refractivity contribution in [1.29, 1.82) is 0 Å². The number of amides is 3. The number of rotatable bonds is 5. The molecule has 0 unspecified atom stereocenters. The van der Waals surface area contributed by atoms with E-state index < -0.39 is 23.6 Å². The van der Waals surface area contributed by atoms with Crippen LogP contribution in [0.15, 0.2) is 97.1 Å². The van der Waals surface area contributed by atoms with Crippen molar-refractivity contribution in [3.8, 4) is 11.1 Å². The number of hydrogen-bond acceptors (Lipinski definition) is 5. The number of fused-ring (bicyclic) bond motifs is 1. The molecule has 0 saturated heterocycles. The van der Waals surface area contributed by atoms with Gasteiger partial charge in [-0.15, -0.1) is 0 Å². The maximum atomic E-state index is 14.0. The third-order valence-electron chi connectivity index (χ3n) is 7.25. The summed E-state index contributed by atoms with van der Waals surface area (Å²) in [6.07, 6.45) is -0.576. The van der Waals surface area contributed by atoms with Gasteiger partial charge < -0.3 is 20.1 Å². The van der Waals surface area contributed by atoms with Crippen LogP contribution in [0.5, 0.6) is 0 Å². The topological polar surface area (TPSA) is 99.2 Å². The second-order valence-electron chi connectivity index (χ2n) is 11.5. The number of hydrogen-bond donors (Lipinski definition) is 2. The van der Waals surface area contributed by atoms with Gasteiger partial charge in [-0.1, -0.05) is 78.3 Å². The average Bonchev–Trinajstić information content (AvgIpc) is 3.17. The van der Waals surface area contributed by atoms with Gasteiger partial charge in [0.2, 0.25) is 0 Å². The van der Waals surface area contributed by atoms with Crippen molar-refractivity contribution in [3.63, 3.8) is 0 Å². The van der Waals surface area contributed by atoms with E-state index in [1.165, 1.54) is 15.9 Å². The molecule has 1 atom stereocenters. The Bertz CT molecular complexity index is 1690. The zero-order valence-electron chi connectivity index (χ0n) is 24.8. The molecule has 5 rings (SSSR count). The lowest BCUT2D eigenvalue weighted by molar-refractivity contribution is 0.00864. The molecule has 8 nitrogen and oxygen atoms in total. The van der Waals surface area contributed by atoms with E-state index in [-0.39, 0.29) is 36.2 Å². The van der Waals surface area contributed by atoms with E-state index in [2.05, 4.69) is 5.32 Å². The molecule has 0 fully saturated rings. The first kappa shape index (κ1) is 30.8. The van der Waals surface area contributed by atoms with Crippen LogP contribution in [0.3, 0.4) is 0 Å². The predicted molar refractivity (Wildman–Crippen MR) is 172 cm³/mol. The summed E-state index contributed by atoms with van der Waals surface area (Å²) in [5.74, 6) is -0.715. The largest absolute Gasteiger partial charge is 0.444 e. The Morgan fingerprint density at radius 1 is 0.909 bits per heavy atom. The average molecular weight is 612 g/mol. The van der Waals surface area contributed by atoms with Crippen molar-refractivity contribution in [2.24, 2.45) is 0 Å². The number of carbonyl (C=O) groups is 3. The fraction of sp³-hybridized carbons (Fsp3) is 0.229. The summed E-state index contributed by atoms with van der Waals surface area (Å²) >= 11 is 6.66. The number of carbonyl (C=O) groups excluding carboxylic acids is 3. The van der Waals surface area contributed by atoms with Crippen LogP contribution in [0, 0.1) is 0 Å². The number of aliphatic hydroxyl groups is 1. The summed E-state index contributed by atoms with van der Waals surface area (Å²) in [6, 6.07) is 28.3. The maximum absolute atomic E-state index is 14.0. The summed E-state index contributed by atoms with van der Waals surface area (Å²) in [6.45, 7) is 5.13. The Kier molecular flexibility index (Phi) is 9.04. The number of ether oxygens (including phenoxy) is 1. The summed E-state index contributed by atoms with van der Waals surface area (Å²) in [4.78, 5) is 43.4. The third kappa shape index (κ3) is 6.77. The first-order valence-electron chi connectivity index (χ1n) is 14.3. The summed E-state index contributed by atoms with van der Waals surface area (Å²) in [5.41, 5.74) is 3.45. The molecule has 0 spiro atoms. The Hall–Kier alpha value is -4.66. The van der Waals surface area contributed by atoms with Crippen molar-refractivity contribution in [3.05, 3.63) is 119 Å². The van der Waals surface area contributed by atoms with Crippen molar-refractivity contribution >= 4 is 40.9 Å². The molecule has 226 valence electrons. The van der Waals surface area contributed by atoms with Gasteiger partial charge >= 0.3 is 6.09 Å². The van der Waals surface area contributed by atoms with E-state index in [1.807, 2.05) is 60.7 Å². The highest BCUT2D eigenvalue weighted by atomic mass is 35.5. The minimum absolute atomic E-state index is 0.0245. The van der Waals surface area contributed by atoms with Gasteiger partial charge in [0.15, 0.2) is 0 Å². The minimum Gasteiger partial charge on any atom is -0.444 e. The lowest BCUT2D eigenvalue weighted by Gasteiger charge is -2.32. The van der Waals surface area contributed by atoms with Gasteiger partial charge in [0.05, 0.1) is 29.8 Å². The second-order valence-corrected chi connectivity index (χ2v) is 12.0. The molecule has 9 heteroatoms. The number of anilines is 2. The van der Waals surface area contributed by atoms with Crippen LogP contribution in [0.2, 0.25) is 5.02 Å². The van der Waals surface area contributed by atoms with Gasteiger partial charge in [-0.25, -0.2) is 4.79 Å². The van der Waals surface area contributed by atoms with Crippen LogP contribution < -0.4 is 10.2 Å². The quantitative estimate of drug-likeness (QED) is 0.253. The van der Waals surface area contributed by atoms with Crippen LogP contribution in [0.1, 0.15) is 47.1 Å². The smallest absolute Gasteiger partial charge is 0.410 e. The lowest BCUT2D eigenvalue weighted by atomic mass is 9.99. The zero-order chi connectivity index (χ0) is 31.4. The van der Waals surface area contributed by atoms with Crippen LogP contribution in [-0.4, -0.2) is 52.7 Å². The molecule has 0 radical (unpaired) electrons. The second kappa shape index (κ2) is 12.9. The van der Waals surface area contributed by atoms with Gasteiger partial charge in [0.1, 0.15) is 5.60 Å². The summed E-state index contributed by atoms with van der Waals surface area (Å²) in [7, 11) is 0. The van der Waals surface area contributed by atoms with Gasteiger partial charge in [-0.05, 0) is 67.8 Å². The Morgan fingerprint density at radius 2 is 1.59 bits per heavy atom. The van der Waals surface area contributed by atoms with Gasteiger partial charge in [0.25, 0.3) is 11.8 Å². The van der Waals surface area contributed by atoms with Crippen LogP contribution in [-0.2, 0) is 11.3 Å². The fourth-order valence-corrected chi connectivity index (χ4v) is 5.43. The van der Waals surface area contributed by atoms with Crippen molar-refractivity contribution < 1.29 is 24.2 Å². The zero-order valence-corrected chi connectivity index (χ0v) is 25.5. The lowest BCUT2D eigenvalue weighted by Crippen LogP contribution is -2.49. The van der Waals surface area contributed by atoms with Crippen LogP contribution in [0.25, 0.3) is 11.1 Å². The molecular formula is C35H34ClN3O5. The first-order chi connectivity index (χ1) is 21.1. The molecule has 1 aliphatic rings. The Labute approximate surface area is 261 Å². The number of aliphatic hydroxyl groups excluding tert-OH is 1. The van der Waals surface area contributed by atoms with E-state index >= 15 is 0 Å². The van der Waals surface area contributed by atoms with E-state index in [9.17, 15) is 19.5 Å². The Balaban J connectivity index is 1.40. The highest BCUT2D eigenvalue weighted by molar-refractivity contribution is 6.35. The van der Waals surface area contributed by atoms with E-state index in [4.69, 9.17) is 16.3 Å². The third-order valence-corrected chi connectivity index (χ3v) is 7.57. The van der Waals surface area contributed by atoms with E-state index in [0.29, 0.717) is 16.9 Å². The molecule has 44 heavy (non-hydrogen) atoms. The van der Waals surface area contributed by atoms with Gasteiger partial charge in [0, 0.05) is 23.5 Å². The molecule has 0 bridgehead atoms. The number of para-hydroxylation sites is 1. The maximum Gasteiger partial charge on any atom is 0.410 e. The molecule has 4 aromatic carbocycles. The van der Waals surface area contributed by atoms with Crippen molar-refractivity contribution in [2.75, 3.05) is 23.4 Å². The molecule has 4 aromatic rings.